The smallest absolute Gasteiger partial charge is 0.134 e. The van der Waals surface area contributed by atoms with Crippen LogP contribution in [0.25, 0.3) is 44.5 Å². The van der Waals surface area contributed by atoms with Crippen molar-refractivity contribution in [2.24, 2.45) is 0 Å². The Morgan fingerprint density at radius 2 is 0.833 bits per heavy atom. The molecule has 0 atom stereocenters. The van der Waals surface area contributed by atoms with Crippen LogP contribution in [-0.4, -0.2) is 0 Å². The van der Waals surface area contributed by atoms with Gasteiger partial charge in [-0.15, -0.1) is 0 Å². The number of hydrogen-bond donors (Lipinski definition) is 0. The van der Waals surface area contributed by atoms with Gasteiger partial charge in [-0.2, -0.15) is 0 Å². The lowest BCUT2D eigenvalue weighted by Gasteiger charge is -2.40. The van der Waals surface area contributed by atoms with Gasteiger partial charge in [0.2, 0.25) is 0 Å². The Kier molecular flexibility index (Phi) is 7.52. The van der Waals surface area contributed by atoms with E-state index in [0.717, 1.165) is 39.7 Å². The fourth-order valence-electron chi connectivity index (χ4n) is 10.6. The molecule has 0 saturated heterocycles. The highest BCUT2D eigenvalue weighted by Crippen LogP contribution is 2.63. The predicted molar refractivity (Wildman–Crippen MR) is 247 cm³/mol. The normalized spacial score (nSPS) is 14.2. The van der Waals surface area contributed by atoms with Crippen LogP contribution >= 0.6 is 0 Å². The number of benzene rings is 9. The van der Waals surface area contributed by atoms with Crippen LogP contribution in [0.1, 0.15) is 47.2 Å². The number of ether oxygens (including phenoxy) is 1. The van der Waals surface area contributed by atoms with Gasteiger partial charge in [0.05, 0.1) is 11.1 Å². The Balaban J connectivity index is 1.07. The summed E-state index contributed by atoms with van der Waals surface area (Å²) in [6.07, 6.45) is 0. The van der Waals surface area contributed by atoms with E-state index < -0.39 is 5.41 Å². The molecule has 2 nitrogen and oxygen atoms in total. The SMILES string of the molecule is CC1(C)c2cc(-c3ccccc3)ccc2-c2ccc(N(c3ccc4c(c3)Oc3ccccc3C43c4ccccc4-c4ccccc43)c3ccccc3-c3ccccc3)cc21. The number of anilines is 3. The number of hydrogen-bond acceptors (Lipinski definition) is 2. The summed E-state index contributed by atoms with van der Waals surface area (Å²) in [5.74, 6) is 1.75. The number of nitrogens with zero attached hydrogens (tertiary/aromatic N) is 1. The van der Waals surface area contributed by atoms with Gasteiger partial charge in [-0.1, -0.05) is 184 Å². The summed E-state index contributed by atoms with van der Waals surface area (Å²) in [7, 11) is 0. The van der Waals surface area contributed by atoms with Crippen LogP contribution in [0, 0.1) is 0 Å². The molecule has 1 spiro atoms. The molecule has 9 aromatic rings. The Morgan fingerprint density at radius 1 is 0.333 bits per heavy atom. The van der Waals surface area contributed by atoms with E-state index in [2.05, 4.69) is 231 Å². The summed E-state index contributed by atoms with van der Waals surface area (Å²) < 4.78 is 7.04. The predicted octanol–water partition coefficient (Wildman–Crippen LogP) is 15.3. The zero-order valence-corrected chi connectivity index (χ0v) is 33.6. The molecule has 0 aromatic heterocycles. The van der Waals surface area contributed by atoms with Gasteiger partial charge in [0, 0.05) is 39.5 Å². The average Bonchev–Trinajstić information content (AvgIpc) is 3.72. The van der Waals surface area contributed by atoms with E-state index in [9.17, 15) is 0 Å². The minimum atomic E-state index is -0.523. The molecule has 1 aliphatic heterocycles. The third kappa shape index (κ3) is 4.88. The Hall–Kier alpha value is -7.42. The molecular formula is C58H41NO. The van der Waals surface area contributed by atoms with Gasteiger partial charge in [0.1, 0.15) is 11.5 Å². The number of fused-ring (bicyclic) bond motifs is 12. The second kappa shape index (κ2) is 13.0. The molecule has 2 aliphatic carbocycles. The Morgan fingerprint density at radius 3 is 1.55 bits per heavy atom. The zero-order chi connectivity index (χ0) is 40.0. The molecule has 0 N–H and O–H groups in total. The first-order valence-corrected chi connectivity index (χ1v) is 20.9. The van der Waals surface area contributed by atoms with Crippen LogP contribution in [0.5, 0.6) is 11.5 Å². The van der Waals surface area contributed by atoms with Crippen molar-refractivity contribution < 1.29 is 4.74 Å². The van der Waals surface area contributed by atoms with Crippen LogP contribution in [0.15, 0.2) is 212 Å². The van der Waals surface area contributed by atoms with E-state index in [1.807, 2.05) is 0 Å². The molecule has 2 heteroatoms. The topological polar surface area (TPSA) is 12.5 Å². The van der Waals surface area contributed by atoms with Gasteiger partial charge < -0.3 is 9.64 Å². The lowest BCUT2D eigenvalue weighted by molar-refractivity contribution is 0.436. The standard InChI is InChI=1S/C58H41NO/c1-57(2)52-35-40(38-17-5-3-6-18-38)29-32-46(52)47-33-30-41(36-53(47)57)59(54-27-15-11-21-43(54)39-19-7-4-8-20-39)42-31-34-51-56(37-42)60-55-28-16-14-26-50(55)58(51)48-24-12-9-22-44(48)45-23-10-13-25-49(45)58/h3-37H,1-2H3. The van der Waals surface area contributed by atoms with E-state index in [-0.39, 0.29) is 5.41 Å². The summed E-state index contributed by atoms with van der Waals surface area (Å²) in [5, 5.41) is 0. The first-order valence-electron chi connectivity index (χ1n) is 20.9. The molecule has 60 heavy (non-hydrogen) atoms. The minimum absolute atomic E-state index is 0.214. The average molecular weight is 768 g/mol. The van der Waals surface area contributed by atoms with Crippen molar-refractivity contribution in [1.82, 2.24) is 0 Å². The van der Waals surface area contributed by atoms with Gasteiger partial charge in [-0.05, 0) is 97.6 Å². The molecule has 0 saturated carbocycles. The van der Waals surface area contributed by atoms with Crippen molar-refractivity contribution >= 4 is 17.1 Å². The highest BCUT2D eigenvalue weighted by molar-refractivity contribution is 5.93. The van der Waals surface area contributed by atoms with Gasteiger partial charge in [-0.3, -0.25) is 0 Å². The van der Waals surface area contributed by atoms with Crippen molar-refractivity contribution in [1.29, 1.82) is 0 Å². The number of para-hydroxylation sites is 2. The fourth-order valence-corrected chi connectivity index (χ4v) is 10.6. The zero-order valence-electron chi connectivity index (χ0n) is 33.6. The Labute approximate surface area is 351 Å². The van der Waals surface area contributed by atoms with E-state index in [1.54, 1.807) is 0 Å². The number of rotatable bonds is 5. The summed E-state index contributed by atoms with van der Waals surface area (Å²) >= 11 is 0. The van der Waals surface area contributed by atoms with Gasteiger partial charge in [0.25, 0.3) is 0 Å². The highest BCUT2D eigenvalue weighted by atomic mass is 16.5. The lowest BCUT2D eigenvalue weighted by atomic mass is 9.66. The second-order valence-corrected chi connectivity index (χ2v) is 16.8. The van der Waals surface area contributed by atoms with Gasteiger partial charge in [0.15, 0.2) is 0 Å². The van der Waals surface area contributed by atoms with Crippen molar-refractivity contribution in [2.45, 2.75) is 24.7 Å². The molecule has 0 radical (unpaired) electrons. The quantitative estimate of drug-likeness (QED) is 0.173. The molecular weight excluding hydrogens is 727 g/mol. The van der Waals surface area contributed by atoms with Crippen LogP contribution in [0.3, 0.4) is 0 Å². The van der Waals surface area contributed by atoms with Crippen LogP contribution in [0.2, 0.25) is 0 Å². The lowest BCUT2D eigenvalue weighted by Crippen LogP contribution is -2.32. The first-order chi connectivity index (χ1) is 29.5. The summed E-state index contributed by atoms with van der Waals surface area (Å²) in [4.78, 5) is 2.43. The molecule has 284 valence electrons. The minimum Gasteiger partial charge on any atom is -0.457 e. The molecule has 1 heterocycles. The summed E-state index contributed by atoms with van der Waals surface area (Å²) in [5.41, 5.74) is 20.0. The maximum Gasteiger partial charge on any atom is 0.134 e. The van der Waals surface area contributed by atoms with Crippen LogP contribution in [-0.2, 0) is 10.8 Å². The molecule has 0 fully saturated rings. The maximum absolute atomic E-state index is 7.04. The molecule has 12 rings (SSSR count). The molecule has 3 aliphatic rings. The largest absolute Gasteiger partial charge is 0.457 e. The first kappa shape index (κ1) is 34.6. The van der Waals surface area contributed by atoms with E-state index in [4.69, 9.17) is 4.74 Å². The van der Waals surface area contributed by atoms with E-state index in [1.165, 1.54) is 66.8 Å². The van der Waals surface area contributed by atoms with Crippen molar-refractivity contribution in [3.63, 3.8) is 0 Å². The Bertz CT molecular complexity index is 3110. The fraction of sp³-hybridized carbons (Fsp3) is 0.0690. The maximum atomic E-state index is 7.04. The summed E-state index contributed by atoms with van der Waals surface area (Å²) in [6, 6.07) is 77.7. The summed E-state index contributed by atoms with van der Waals surface area (Å²) in [6.45, 7) is 4.75. The monoisotopic (exact) mass is 767 g/mol. The van der Waals surface area contributed by atoms with Gasteiger partial charge >= 0.3 is 0 Å². The third-order valence-corrected chi connectivity index (χ3v) is 13.3. The van der Waals surface area contributed by atoms with Gasteiger partial charge in [-0.25, -0.2) is 0 Å². The van der Waals surface area contributed by atoms with Crippen LogP contribution < -0.4 is 9.64 Å². The van der Waals surface area contributed by atoms with E-state index >= 15 is 0 Å². The highest BCUT2D eigenvalue weighted by Gasteiger charge is 2.51. The molecule has 0 amide bonds. The molecule has 9 aromatic carbocycles. The molecule has 0 unspecified atom stereocenters. The van der Waals surface area contributed by atoms with Crippen LogP contribution in [0.4, 0.5) is 17.1 Å². The van der Waals surface area contributed by atoms with Crippen molar-refractivity contribution in [3.8, 4) is 56.0 Å². The van der Waals surface area contributed by atoms with E-state index in [0.29, 0.717) is 0 Å². The van der Waals surface area contributed by atoms with Crippen molar-refractivity contribution in [3.05, 3.63) is 246 Å². The van der Waals surface area contributed by atoms with Crippen molar-refractivity contribution in [2.75, 3.05) is 4.90 Å². The molecule has 0 bridgehead atoms. The third-order valence-electron chi connectivity index (χ3n) is 13.3. The second-order valence-electron chi connectivity index (χ2n) is 16.8.